The predicted octanol–water partition coefficient (Wildman–Crippen LogP) is 1.98. The van der Waals surface area contributed by atoms with E-state index in [1.165, 1.54) is 19.2 Å². The molecule has 2 aromatic heterocycles. The van der Waals surface area contributed by atoms with E-state index >= 15 is 0 Å². The maximum atomic E-state index is 12.5. The van der Waals surface area contributed by atoms with Gasteiger partial charge in [0.1, 0.15) is 12.1 Å². The molecule has 0 saturated heterocycles. The van der Waals surface area contributed by atoms with Crippen LogP contribution in [0.1, 0.15) is 42.1 Å². The summed E-state index contributed by atoms with van der Waals surface area (Å²) in [4.78, 5) is 18.3. The fourth-order valence-electron chi connectivity index (χ4n) is 2.60. The molecule has 2 heterocycles. The van der Waals surface area contributed by atoms with Crippen molar-refractivity contribution < 1.29 is 9.21 Å². The lowest BCUT2D eigenvalue weighted by Crippen LogP contribution is -2.38. The monoisotopic (exact) mass is 260 g/mol. The predicted molar refractivity (Wildman–Crippen MR) is 67.2 cm³/mol. The third-order valence-electron chi connectivity index (χ3n) is 3.55. The molecule has 1 fully saturated rings. The molecule has 0 aliphatic heterocycles. The number of H-pyrrole nitrogens is 1. The number of nitrogens with zero attached hydrogens (tertiary/aromatic N) is 3. The van der Waals surface area contributed by atoms with Gasteiger partial charge in [-0.15, -0.1) is 0 Å². The van der Waals surface area contributed by atoms with Crippen LogP contribution in [0.4, 0.5) is 0 Å². The van der Waals surface area contributed by atoms with Crippen LogP contribution in [-0.4, -0.2) is 32.0 Å². The third-order valence-corrected chi connectivity index (χ3v) is 3.55. The number of furan rings is 1. The summed E-state index contributed by atoms with van der Waals surface area (Å²) in [6, 6.07) is 3.99. The van der Waals surface area contributed by atoms with Crippen LogP contribution in [0, 0.1) is 0 Å². The largest absolute Gasteiger partial charge is 0.467 e. The highest BCUT2D eigenvalue weighted by atomic mass is 16.3. The highest BCUT2D eigenvalue weighted by Crippen LogP contribution is 2.26. The molecule has 6 heteroatoms. The Bertz CT molecular complexity index is 515. The molecule has 0 radical (unpaired) electrons. The molecule has 3 rings (SSSR count). The smallest absolute Gasteiger partial charge is 0.291 e. The van der Waals surface area contributed by atoms with Crippen molar-refractivity contribution in [3.8, 4) is 0 Å². The minimum Gasteiger partial charge on any atom is -0.467 e. The Labute approximate surface area is 110 Å². The van der Waals surface area contributed by atoms with E-state index in [2.05, 4.69) is 15.2 Å². The number of carbonyl (C=O) groups excluding carboxylic acids is 1. The number of amides is 1. The molecule has 6 nitrogen and oxygen atoms in total. The first-order chi connectivity index (χ1) is 9.34. The summed E-state index contributed by atoms with van der Waals surface area (Å²) < 4.78 is 5.35. The van der Waals surface area contributed by atoms with Crippen molar-refractivity contribution in [1.29, 1.82) is 0 Å². The van der Waals surface area contributed by atoms with Crippen LogP contribution in [0.5, 0.6) is 0 Å². The molecule has 1 aliphatic carbocycles. The van der Waals surface area contributed by atoms with Crippen molar-refractivity contribution in [2.24, 2.45) is 0 Å². The van der Waals surface area contributed by atoms with E-state index in [1.807, 2.05) is 17.0 Å². The zero-order valence-electron chi connectivity index (χ0n) is 10.6. The molecule has 1 N–H and O–H groups in total. The minimum absolute atomic E-state index is 0.110. The number of rotatable bonds is 4. The first kappa shape index (κ1) is 12.0. The molecular weight excluding hydrogens is 244 g/mol. The van der Waals surface area contributed by atoms with Crippen LogP contribution in [0.2, 0.25) is 0 Å². The van der Waals surface area contributed by atoms with Gasteiger partial charge in [0.05, 0.1) is 12.8 Å². The minimum atomic E-state index is -0.110. The van der Waals surface area contributed by atoms with Crippen LogP contribution >= 0.6 is 0 Å². The molecule has 1 amide bonds. The van der Waals surface area contributed by atoms with Gasteiger partial charge in [0, 0.05) is 6.04 Å². The van der Waals surface area contributed by atoms with Crippen molar-refractivity contribution in [3.63, 3.8) is 0 Å². The Kier molecular flexibility index (Phi) is 3.31. The van der Waals surface area contributed by atoms with Crippen LogP contribution in [0.3, 0.4) is 0 Å². The first-order valence-electron chi connectivity index (χ1n) is 6.53. The van der Waals surface area contributed by atoms with Crippen molar-refractivity contribution in [3.05, 3.63) is 36.3 Å². The van der Waals surface area contributed by atoms with Gasteiger partial charge in [-0.25, -0.2) is 4.98 Å². The van der Waals surface area contributed by atoms with E-state index in [0.29, 0.717) is 12.4 Å². The molecule has 0 atom stereocenters. The van der Waals surface area contributed by atoms with E-state index < -0.39 is 0 Å². The van der Waals surface area contributed by atoms with Crippen molar-refractivity contribution >= 4 is 5.91 Å². The van der Waals surface area contributed by atoms with E-state index in [1.54, 1.807) is 6.26 Å². The van der Waals surface area contributed by atoms with Gasteiger partial charge >= 0.3 is 0 Å². The van der Waals surface area contributed by atoms with Crippen molar-refractivity contribution in [1.82, 2.24) is 20.1 Å². The zero-order valence-corrected chi connectivity index (χ0v) is 10.6. The second kappa shape index (κ2) is 5.26. The Morgan fingerprint density at radius 2 is 2.32 bits per heavy atom. The zero-order chi connectivity index (χ0) is 13.1. The van der Waals surface area contributed by atoms with Gasteiger partial charge in [-0.2, -0.15) is 5.10 Å². The van der Waals surface area contributed by atoms with Gasteiger partial charge in [-0.1, -0.05) is 12.8 Å². The number of carbonyl (C=O) groups is 1. The summed E-state index contributed by atoms with van der Waals surface area (Å²) in [5.41, 5.74) is 0. The Morgan fingerprint density at radius 3 is 2.95 bits per heavy atom. The Morgan fingerprint density at radius 1 is 1.47 bits per heavy atom. The Balaban J connectivity index is 1.81. The van der Waals surface area contributed by atoms with Gasteiger partial charge in [0.25, 0.3) is 5.91 Å². The van der Waals surface area contributed by atoms with E-state index in [-0.39, 0.29) is 11.9 Å². The average molecular weight is 260 g/mol. The van der Waals surface area contributed by atoms with Crippen molar-refractivity contribution in [2.45, 2.75) is 38.3 Å². The molecule has 100 valence electrons. The second-order valence-electron chi connectivity index (χ2n) is 4.78. The highest BCUT2D eigenvalue weighted by Gasteiger charge is 2.29. The lowest BCUT2D eigenvalue weighted by Gasteiger charge is -2.27. The van der Waals surface area contributed by atoms with E-state index in [9.17, 15) is 4.79 Å². The number of hydrogen-bond donors (Lipinski definition) is 1. The molecule has 0 bridgehead atoms. The maximum Gasteiger partial charge on any atom is 0.291 e. The summed E-state index contributed by atoms with van der Waals surface area (Å²) >= 11 is 0. The summed E-state index contributed by atoms with van der Waals surface area (Å²) in [7, 11) is 0. The average Bonchev–Trinajstić information content (AvgIpc) is 3.15. The van der Waals surface area contributed by atoms with Gasteiger partial charge in [-0.3, -0.25) is 9.89 Å². The fraction of sp³-hybridized carbons (Fsp3) is 0.462. The van der Waals surface area contributed by atoms with Gasteiger partial charge in [-0.05, 0) is 25.0 Å². The van der Waals surface area contributed by atoms with E-state index in [4.69, 9.17) is 4.42 Å². The number of aromatic amines is 1. The number of nitrogens with one attached hydrogen (secondary N) is 1. The quantitative estimate of drug-likeness (QED) is 0.912. The van der Waals surface area contributed by atoms with Gasteiger partial charge in [0.15, 0.2) is 0 Å². The number of hydrogen-bond acceptors (Lipinski definition) is 4. The van der Waals surface area contributed by atoms with Gasteiger partial charge < -0.3 is 9.32 Å². The molecule has 19 heavy (non-hydrogen) atoms. The van der Waals surface area contributed by atoms with Crippen LogP contribution < -0.4 is 0 Å². The third kappa shape index (κ3) is 2.52. The van der Waals surface area contributed by atoms with E-state index in [0.717, 1.165) is 18.6 Å². The fourth-order valence-corrected chi connectivity index (χ4v) is 2.60. The topological polar surface area (TPSA) is 75.0 Å². The van der Waals surface area contributed by atoms with Crippen LogP contribution in [0.25, 0.3) is 0 Å². The standard InChI is InChI=1S/C13H16N4O2/c18-13(12-14-9-15-16-12)17(10-4-1-2-5-10)8-11-6-3-7-19-11/h3,6-7,9-10H,1-2,4-5,8H2,(H,14,15,16). The molecule has 1 saturated carbocycles. The molecular formula is C13H16N4O2. The molecule has 1 aliphatic rings. The summed E-state index contributed by atoms with van der Waals surface area (Å²) in [6.45, 7) is 0.483. The Hall–Kier alpha value is -2.11. The van der Waals surface area contributed by atoms with Crippen molar-refractivity contribution in [2.75, 3.05) is 0 Å². The molecule has 0 spiro atoms. The van der Waals surface area contributed by atoms with Crippen LogP contribution in [0.15, 0.2) is 29.1 Å². The second-order valence-corrected chi connectivity index (χ2v) is 4.78. The maximum absolute atomic E-state index is 12.5. The molecule has 0 unspecified atom stereocenters. The molecule has 0 aromatic carbocycles. The number of aromatic nitrogens is 3. The first-order valence-corrected chi connectivity index (χ1v) is 6.53. The molecule has 2 aromatic rings. The van der Waals surface area contributed by atoms with Crippen LogP contribution in [-0.2, 0) is 6.54 Å². The normalized spacial score (nSPS) is 15.8. The summed E-state index contributed by atoms with van der Waals surface area (Å²) in [5, 5.41) is 6.38. The van der Waals surface area contributed by atoms with Gasteiger partial charge in [0.2, 0.25) is 5.82 Å². The lowest BCUT2D eigenvalue weighted by atomic mass is 10.2. The SMILES string of the molecule is O=C(c1ncn[nH]1)N(Cc1ccco1)C1CCCC1. The summed E-state index contributed by atoms with van der Waals surface area (Å²) in [5.74, 6) is 0.971. The highest BCUT2D eigenvalue weighted by molar-refractivity contribution is 5.90. The summed E-state index contributed by atoms with van der Waals surface area (Å²) in [6.07, 6.45) is 7.40. The lowest BCUT2D eigenvalue weighted by molar-refractivity contribution is 0.0636.